The van der Waals surface area contributed by atoms with Gasteiger partial charge in [0.2, 0.25) is 0 Å². The standard InChI is InChI=1S/C13H19F3O3S/c1-5-7-12(4)8-6-10(9(2)3)11(12)19-20(17,18)13(14,15)16/h5,9H,1,6-8H2,2-4H3/t12-/m1/s1. The minimum absolute atomic E-state index is 0.0651. The van der Waals surface area contributed by atoms with E-state index in [-0.39, 0.29) is 11.7 Å². The van der Waals surface area contributed by atoms with Gasteiger partial charge in [0, 0.05) is 5.41 Å². The Kier molecular flexibility index (Phi) is 4.63. The number of allylic oxidation sites excluding steroid dienone is 3. The first-order chi connectivity index (χ1) is 8.94. The van der Waals surface area contributed by atoms with Gasteiger partial charge in [-0.3, -0.25) is 0 Å². The van der Waals surface area contributed by atoms with E-state index in [0.717, 1.165) is 0 Å². The van der Waals surface area contributed by atoms with E-state index >= 15 is 0 Å². The van der Waals surface area contributed by atoms with E-state index in [4.69, 9.17) is 0 Å². The molecular weight excluding hydrogens is 293 g/mol. The first kappa shape index (κ1) is 17.1. The van der Waals surface area contributed by atoms with Crippen LogP contribution in [0.2, 0.25) is 0 Å². The summed E-state index contributed by atoms with van der Waals surface area (Å²) >= 11 is 0. The zero-order valence-corrected chi connectivity index (χ0v) is 12.6. The molecule has 0 N–H and O–H groups in total. The molecule has 0 heterocycles. The normalized spacial score (nSPS) is 24.4. The lowest BCUT2D eigenvalue weighted by Crippen LogP contribution is -2.29. The fourth-order valence-electron chi connectivity index (χ4n) is 2.40. The van der Waals surface area contributed by atoms with Crippen molar-refractivity contribution in [3.63, 3.8) is 0 Å². The quantitative estimate of drug-likeness (QED) is 0.435. The molecule has 116 valence electrons. The SMILES string of the molecule is C=CC[C@]1(C)CCC(C(C)C)=C1OS(=O)(=O)C(F)(F)F. The average Bonchev–Trinajstić information content (AvgIpc) is 2.55. The summed E-state index contributed by atoms with van der Waals surface area (Å²) in [6.45, 7) is 8.88. The maximum Gasteiger partial charge on any atom is 0.534 e. The predicted octanol–water partition coefficient (Wildman–Crippen LogP) is 4.14. The largest absolute Gasteiger partial charge is 0.534 e. The summed E-state index contributed by atoms with van der Waals surface area (Å²) < 4.78 is 64.5. The van der Waals surface area contributed by atoms with Crippen molar-refractivity contribution in [1.29, 1.82) is 0 Å². The second kappa shape index (κ2) is 5.42. The van der Waals surface area contributed by atoms with Crippen molar-refractivity contribution in [2.24, 2.45) is 11.3 Å². The topological polar surface area (TPSA) is 43.4 Å². The van der Waals surface area contributed by atoms with Gasteiger partial charge in [-0.15, -0.1) is 6.58 Å². The molecule has 1 rings (SSSR count). The Morgan fingerprint density at radius 3 is 2.40 bits per heavy atom. The highest BCUT2D eigenvalue weighted by Gasteiger charge is 2.51. The highest BCUT2D eigenvalue weighted by atomic mass is 32.2. The van der Waals surface area contributed by atoms with Crippen LogP contribution >= 0.6 is 0 Å². The Balaban J connectivity index is 3.27. The minimum atomic E-state index is -5.63. The van der Waals surface area contributed by atoms with Crippen molar-refractivity contribution in [3.8, 4) is 0 Å². The van der Waals surface area contributed by atoms with E-state index in [2.05, 4.69) is 10.8 Å². The lowest BCUT2D eigenvalue weighted by Gasteiger charge is -2.26. The second-order valence-electron chi connectivity index (χ2n) is 5.55. The molecule has 3 nitrogen and oxygen atoms in total. The van der Waals surface area contributed by atoms with Crippen molar-refractivity contribution in [1.82, 2.24) is 0 Å². The molecule has 0 amide bonds. The van der Waals surface area contributed by atoms with Gasteiger partial charge in [-0.2, -0.15) is 21.6 Å². The van der Waals surface area contributed by atoms with Crippen molar-refractivity contribution < 1.29 is 25.8 Å². The molecule has 20 heavy (non-hydrogen) atoms. The fraction of sp³-hybridized carbons (Fsp3) is 0.692. The summed E-state index contributed by atoms with van der Waals surface area (Å²) in [5.41, 5.74) is -5.54. The molecule has 0 fully saturated rings. The molecule has 0 aromatic carbocycles. The second-order valence-corrected chi connectivity index (χ2v) is 7.08. The van der Waals surface area contributed by atoms with Crippen LogP contribution in [0.3, 0.4) is 0 Å². The smallest absolute Gasteiger partial charge is 0.380 e. The van der Waals surface area contributed by atoms with Crippen LogP contribution in [-0.2, 0) is 14.3 Å². The van der Waals surface area contributed by atoms with Gasteiger partial charge in [-0.05, 0) is 30.8 Å². The van der Waals surface area contributed by atoms with E-state index in [1.807, 2.05) is 0 Å². The molecular formula is C13H19F3O3S. The van der Waals surface area contributed by atoms with Crippen LogP contribution in [0.1, 0.15) is 40.0 Å². The Labute approximate surface area is 117 Å². The maximum absolute atomic E-state index is 12.5. The molecule has 0 bridgehead atoms. The fourth-order valence-corrected chi connectivity index (χ4v) is 3.02. The molecule has 0 aromatic rings. The molecule has 1 aliphatic rings. The lowest BCUT2D eigenvalue weighted by atomic mass is 9.85. The highest BCUT2D eigenvalue weighted by Crippen LogP contribution is 2.49. The van der Waals surface area contributed by atoms with Crippen LogP contribution in [0.5, 0.6) is 0 Å². The van der Waals surface area contributed by atoms with Crippen LogP contribution in [0.15, 0.2) is 24.0 Å². The number of hydrogen-bond donors (Lipinski definition) is 0. The zero-order valence-electron chi connectivity index (χ0n) is 11.8. The minimum Gasteiger partial charge on any atom is -0.380 e. The Hall–Kier alpha value is -0.980. The van der Waals surface area contributed by atoms with Gasteiger partial charge in [0.05, 0.1) is 0 Å². The van der Waals surface area contributed by atoms with Gasteiger partial charge < -0.3 is 4.18 Å². The third-order valence-corrected chi connectivity index (χ3v) is 4.51. The molecule has 0 aliphatic heterocycles. The van der Waals surface area contributed by atoms with Crippen molar-refractivity contribution in [2.45, 2.75) is 45.5 Å². The first-order valence-electron chi connectivity index (χ1n) is 6.30. The monoisotopic (exact) mass is 312 g/mol. The Morgan fingerprint density at radius 1 is 1.45 bits per heavy atom. The van der Waals surface area contributed by atoms with Gasteiger partial charge in [0.15, 0.2) is 0 Å². The van der Waals surface area contributed by atoms with Crippen LogP contribution in [0.25, 0.3) is 0 Å². The number of rotatable bonds is 5. The summed E-state index contributed by atoms with van der Waals surface area (Å²) in [7, 11) is -5.63. The lowest BCUT2D eigenvalue weighted by molar-refractivity contribution is -0.0532. The van der Waals surface area contributed by atoms with E-state index in [0.29, 0.717) is 24.8 Å². The molecule has 0 saturated carbocycles. The summed E-state index contributed by atoms with van der Waals surface area (Å²) in [4.78, 5) is 0. The summed E-state index contributed by atoms with van der Waals surface area (Å²) in [6.07, 6.45) is 3.01. The molecule has 1 aliphatic carbocycles. The van der Waals surface area contributed by atoms with Crippen LogP contribution in [0.4, 0.5) is 13.2 Å². The van der Waals surface area contributed by atoms with Gasteiger partial charge in [0.25, 0.3) is 0 Å². The third kappa shape index (κ3) is 3.19. The molecule has 0 aromatic heterocycles. The summed E-state index contributed by atoms with van der Waals surface area (Å²) in [6, 6.07) is 0. The molecule has 1 atom stereocenters. The van der Waals surface area contributed by atoms with E-state index in [9.17, 15) is 21.6 Å². The van der Waals surface area contributed by atoms with E-state index < -0.39 is 21.0 Å². The highest BCUT2D eigenvalue weighted by molar-refractivity contribution is 7.87. The van der Waals surface area contributed by atoms with Crippen LogP contribution < -0.4 is 0 Å². The number of alkyl halides is 3. The molecule has 7 heteroatoms. The van der Waals surface area contributed by atoms with Gasteiger partial charge in [-0.1, -0.05) is 26.8 Å². The zero-order chi connectivity index (χ0) is 15.8. The molecule has 0 spiro atoms. The summed E-state index contributed by atoms with van der Waals surface area (Å²) in [5.74, 6) is -0.134. The Bertz CT molecular complexity index is 517. The summed E-state index contributed by atoms with van der Waals surface area (Å²) in [5, 5.41) is 0. The van der Waals surface area contributed by atoms with Gasteiger partial charge in [0.1, 0.15) is 5.76 Å². The van der Waals surface area contributed by atoms with Crippen molar-refractivity contribution in [3.05, 3.63) is 24.0 Å². The van der Waals surface area contributed by atoms with Crippen molar-refractivity contribution >= 4 is 10.1 Å². The van der Waals surface area contributed by atoms with Gasteiger partial charge in [-0.25, -0.2) is 0 Å². The van der Waals surface area contributed by atoms with Crippen molar-refractivity contribution in [2.75, 3.05) is 0 Å². The predicted molar refractivity (Wildman–Crippen MR) is 70.1 cm³/mol. The maximum atomic E-state index is 12.5. The average molecular weight is 312 g/mol. The number of halogens is 3. The van der Waals surface area contributed by atoms with Crippen LogP contribution in [0, 0.1) is 11.3 Å². The third-order valence-electron chi connectivity index (χ3n) is 3.55. The molecule has 0 saturated heterocycles. The number of hydrogen-bond acceptors (Lipinski definition) is 3. The molecule has 0 unspecified atom stereocenters. The Morgan fingerprint density at radius 2 is 2.00 bits per heavy atom. The van der Waals surface area contributed by atoms with Crippen LogP contribution in [-0.4, -0.2) is 13.9 Å². The van der Waals surface area contributed by atoms with Gasteiger partial charge >= 0.3 is 15.6 Å². The molecule has 0 radical (unpaired) electrons. The van der Waals surface area contributed by atoms with E-state index in [1.54, 1.807) is 26.8 Å². The first-order valence-corrected chi connectivity index (χ1v) is 7.70. The van der Waals surface area contributed by atoms with E-state index in [1.165, 1.54) is 0 Å².